The second kappa shape index (κ2) is 5.99. The Bertz CT molecular complexity index is 1490. The predicted molar refractivity (Wildman–Crippen MR) is 132 cm³/mol. The predicted octanol–water partition coefficient (Wildman–Crippen LogP) is 7.48. The fourth-order valence-electron chi connectivity index (χ4n) is 6.66. The summed E-state index contributed by atoms with van der Waals surface area (Å²) in [5.74, 6) is 0. The Hall–Kier alpha value is -3.64. The zero-order valence-electron chi connectivity index (χ0n) is 17.9. The van der Waals surface area contributed by atoms with Crippen LogP contribution in [0.4, 0.5) is 0 Å². The van der Waals surface area contributed by atoms with Gasteiger partial charge >= 0.3 is 0 Å². The first kappa shape index (κ1) is 17.0. The van der Waals surface area contributed by atoms with Gasteiger partial charge in [-0.2, -0.15) is 0 Å². The highest BCUT2D eigenvalue weighted by Crippen LogP contribution is 2.52. The number of benzene rings is 5. The third-order valence-electron chi connectivity index (χ3n) is 8.05. The molecular weight excluding hydrogens is 384 g/mol. The van der Waals surface area contributed by atoms with Crippen molar-refractivity contribution in [3.05, 3.63) is 129 Å². The van der Waals surface area contributed by atoms with Crippen LogP contribution in [0, 0.1) is 0 Å². The van der Waals surface area contributed by atoms with E-state index in [-0.39, 0.29) is 0 Å². The van der Waals surface area contributed by atoms with Crippen molar-refractivity contribution < 1.29 is 0 Å². The minimum atomic E-state index is 1.04. The molecule has 0 atom stereocenters. The van der Waals surface area contributed by atoms with Gasteiger partial charge in [-0.25, -0.2) is 0 Å². The van der Waals surface area contributed by atoms with Crippen molar-refractivity contribution >= 4 is 10.8 Å². The Balaban J connectivity index is 1.45. The van der Waals surface area contributed by atoms with Crippen molar-refractivity contribution in [2.24, 2.45) is 0 Å². The lowest BCUT2D eigenvalue weighted by molar-refractivity contribution is 1.00. The molecule has 0 saturated carbocycles. The van der Waals surface area contributed by atoms with Crippen LogP contribution in [0.15, 0.2) is 84.9 Å². The second-order valence-corrected chi connectivity index (χ2v) is 9.65. The van der Waals surface area contributed by atoms with Crippen molar-refractivity contribution in [3.8, 4) is 22.3 Å². The lowest BCUT2D eigenvalue weighted by Gasteiger charge is -2.27. The minimum absolute atomic E-state index is 1.04. The topological polar surface area (TPSA) is 0 Å². The van der Waals surface area contributed by atoms with Gasteiger partial charge in [-0.3, -0.25) is 0 Å². The molecule has 0 amide bonds. The first-order valence-corrected chi connectivity index (χ1v) is 11.7. The maximum atomic E-state index is 2.45. The summed E-state index contributed by atoms with van der Waals surface area (Å²) in [6.45, 7) is 0. The molecule has 0 radical (unpaired) electrons. The Morgan fingerprint density at radius 2 is 0.750 bits per heavy atom. The van der Waals surface area contributed by atoms with Crippen LogP contribution in [0.1, 0.15) is 44.5 Å². The van der Waals surface area contributed by atoms with Gasteiger partial charge < -0.3 is 0 Å². The van der Waals surface area contributed by atoms with Gasteiger partial charge in [0.15, 0.2) is 0 Å². The van der Waals surface area contributed by atoms with Gasteiger partial charge in [-0.05, 0) is 103 Å². The van der Waals surface area contributed by atoms with Gasteiger partial charge in [-0.1, -0.05) is 84.9 Å². The maximum absolute atomic E-state index is 2.45. The van der Waals surface area contributed by atoms with Crippen molar-refractivity contribution in [1.82, 2.24) is 0 Å². The van der Waals surface area contributed by atoms with E-state index in [0.717, 1.165) is 25.7 Å². The van der Waals surface area contributed by atoms with E-state index in [1.165, 1.54) is 44.2 Å². The molecule has 0 unspecified atom stereocenters. The van der Waals surface area contributed by atoms with Gasteiger partial charge in [-0.15, -0.1) is 0 Å². The molecule has 0 heteroatoms. The van der Waals surface area contributed by atoms with Gasteiger partial charge in [0, 0.05) is 0 Å². The van der Waals surface area contributed by atoms with Crippen LogP contribution in [-0.2, 0) is 25.7 Å². The molecule has 0 N–H and O–H groups in total. The van der Waals surface area contributed by atoms with Gasteiger partial charge in [0.1, 0.15) is 0 Å². The molecule has 0 spiro atoms. The van der Waals surface area contributed by atoms with Crippen molar-refractivity contribution in [2.45, 2.75) is 25.7 Å². The van der Waals surface area contributed by atoms with E-state index in [4.69, 9.17) is 0 Å². The minimum Gasteiger partial charge on any atom is -0.0619 e. The van der Waals surface area contributed by atoms with E-state index >= 15 is 0 Å². The second-order valence-electron chi connectivity index (χ2n) is 9.65. The van der Waals surface area contributed by atoms with Crippen LogP contribution in [-0.4, -0.2) is 0 Å². The number of hydrogen-bond acceptors (Lipinski definition) is 0. The summed E-state index contributed by atoms with van der Waals surface area (Å²) >= 11 is 0. The molecule has 0 nitrogen and oxygen atoms in total. The lowest BCUT2D eigenvalue weighted by Crippen LogP contribution is -2.12. The molecule has 0 aromatic heterocycles. The fraction of sp³-hybridized carbons (Fsp3) is 0.125. The molecular formula is C32H22. The summed E-state index contributed by atoms with van der Waals surface area (Å²) in [5.41, 5.74) is 18.4. The van der Waals surface area contributed by atoms with E-state index in [2.05, 4.69) is 84.9 Å². The first-order chi connectivity index (χ1) is 15.8. The Kier molecular flexibility index (Phi) is 3.18. The monoisotopic (exact) mass is 406 g/mol. The Morgan fingerprint density at radius 3 is 1.22 bits per heavy atom. The summed E-state index contributed by atoms with van der Waals surface area (Å²) in [7, 11) is 0. The standard InChI is InChI=1S/C32H22/c1-2-8-20-14-24-18-30-29(17-23(24)13-19(20)7-1)31-25-11-5-3-9-21(25)15-27(31)28-16-22-10-4-6-12-26(22)32(28)30/h1-14H,15-18H2. The summed E-state index contributed by atoms with van der Waals surface area (Å²) in [6, 6.07) is 31.9. The smallest absolute Gasteiger partial charge is 0.00103 e. The quantitative estimate of drug-likeness (QED) is 0.245. The number of rotatable bonds is 0. The number of fused-ring (bicyclic) bond motifs is 12. The highest BCUT2D eigenvalue weighted by atomic mass is 14.4. The van der Waals surface area contributed by atoms with Crippen LogP contribution in [0.3, 0.4) is 0 Å². The van der Waals surface area contributed by atoms with Gasteiger partial charge in [0.25, 0.3) is 0 Å². The van der Waals surface area contributed by atoms with E-state index in [1.807, 2.05) is 0 Å². The molecule has 3 aliphatic carbocycles. The number of hydrogen-bond donors (Lipinski definition) is 0. The van der Waals surface area contributed by atoms with Crippen LogP contribution in [0.2, 0.25) is 0 Å². The molecule has 0 fully saturated rings. The summed E-state index contributed by atoms with van der Waals surface area (Å²) in [6.07, 6.45) is 4.25. The van der Waals surface area contributed by atoms with E-state index in [1.54, 1.807) is 33.4 Å². The van der Waals surface area contributed by atoms with Crippen LogP contribution in [0.5, 0.6) is 0 Å². The molecule has 150 valence electrons. The summed E-state index contributed by atoms with van der Waals surface area (Å²) in [4.78, 5) is 0. The fourth-order valence-corrected chi connectivity index (χ4v) is 6.66. The van der Waals surface area contributed by atoms with Crippen LogP contribution < -0.4 is 0 Å². The third kappa shape index (κ3) is 2.12. The zero-order chi connectivity index (χ0) is 20.8. The van der Waals surface area contributed by atoms with Crippen LogP contribution in [0.25, 0.3) is 33.0 Å². The molecule has 5 aromatic rings. The van der Waals surface area contributed by atoms with Gasteiger partial charge in [0.2, 0.25) is 0 Å². The summed E-state index contributed by atoms with van der Waals surface area (Å²) < 4.78 is 0. The molecule has 0 aliphatic heterocycles. The van der Waals surface area contributed by atoms with Crippen LogP contribution >= 0.6 is 0 Å². The van der Waals surface area contributed by atoms with E-state index < -0.39 is 0 Å². The SMILES string of the molecule is c1ccc2c(c1)Cc1c3c(c4c(c1-2)Cc1cc2ccccc2cc1C4)-c1ccccc1C3. The molecule has 3 aliphatic rings. The average Bonchev–Trinajstić information content (AvgIpc) is 3.41. The zero-order valence-corrected chi connectivity index (χ0v) is 17.9. The highest BCUT2D eigenvalue weighted by molar-refractivity contribution is 5.93. The normalized spacial score (nSPS) is 14.4. The van der Waals surface area contributed by atoms with Crippen molar-refractivity contribution in [3.63, 3.8) is 0 Å². The summed E-state index contributed by atoms with van der Waals surface area (Å²) in [5, 5.41) is 2.72. The maximum Gasteiger partial charge on any atom is -0.00103 e. The third-order valence-corrected chi connectivity index (χ3v) is 8.05. The Morgan fingerprint density at radius 1 is 0.375 bits per heavy atom. The highest BCUT2D eigenvalue weighted by Gasteiger charge is 2.35. The largest absolute Gasteiger partial charge is 0.0619 e. The molecule has 8 rings (SSSR count). The van der Waals surface area contributed by atoms with E-state index in [9.17, 15) is 0 Å². The first-order valence-electron chi connectivity index (χ1n) is 11.7. The Labute approximate surface area is 188 Å². The molecule has 0 saturated heterocycles. The molecule has 0 bridgehead atoms. The molecule has 32 heavy (non-hydrogen) atoms. The average molecular weight is 407 g/mol. The van der Waals surface area contributed by atoms with Crippen molar-refractivity contribution in [2.75, 3.05) is 0 Å². The molecule has 0 heterocycles. The molecule has 5 aromatic carbocycles. The van der Waals surface area contributed by atoms with Gasteiger partial charge in [0.05, 0.1) is 0 Å². The van der Waals surface area contributed by atoms with Crippen molar-refractivity contribution in [1.29, 1.82) is 0 Å². The van der Waals surface area contributed by atoms with E-state index in [0.29, 0.717) is 0 Å². The lowest BCUT2D eigenvalue weighted by atomic mass is 9.76.